The number of aromatic nitrogens is 1. The topological polar surface area (TPSA) is 16.1 Å². The molecule has 0 N–H and O–H groups in total. The summed E-state index contributed by atoms with van der Waals surface area (Å²) in [5.41, 5.74) is 18.5. The number of rotatable bonds is 5. The quantitative estimate of drug-likeness (QED) is 0.181. The fraction of sp³-hybridized carbons (Fsp3) is 0.140. The highest BCUT2D eigenvalue weighted by molar-refractivity contribution is 6.17. The van der Waals surface area contributed by atoms with Crippen LogP contribution in [0.1, 0.15) is 61.3 Å². The molecule has 0 aliphatic heterocycles. The molecule has 0 saturated carbocycles. The van der Waals surface area contributed by atoms with E-state index in [0.717, 1.165) is 24.9 Å². The van der Waals surface area contributed by atoms with Crippen LogP contribution in [0.15, 0.2) is 176 Å². The van der Waals surface area contributed by atoms with Crippen LogP contribution in [0.4, 0.5) is 5.69 Å². The molecule has 0 bridgehead atoms. The fourth-order valence-electron chi connectivity index (χ4n) is 9.16. The van der Waals surface area contributed by atoms with Gasteiger partial charge in [-0.1, -0.05) is 147 Å². The van der Waals surface area contributed by atoms with Gasteiger partial charge in [-0.15, -0.1) is 0 Å². The third-order valence-corrected chi connectivity index (χ3v) is 11.7. The predicted octanol–water partition coefficient (Wildman–Crippen LogP) is 12.9. The summed E-state index contributed by atoms with van der Waals surface area (Å²) < 4.78 is 0. The average Bonchev–Trinajstić information content (AvgIpc) is 3.63. The van der Waals surface area contributed by atoms with E-state index in [1.165, 1.54) is 83.4 Å². The Morgan fingerprint density at radius 3 is 2.21 bits per heavy atom. The molecular formula is C50H40N2. The van der Waals surface area contributed by atoms with Gasteiger partial charge in [-0.3, -0.25) is 4.98 Å². The summed E-state index contributed by atoms with van der Waals surface area (Å²) in [5.74, 6) is 0.339. The third kappa shape index (κ3) is 4.82. The number of hydrogen-bond donors (Lipinski definition) is 0. The summed E-state index contributed by atoms with van der Waals surface area (Å²) in [6.07, 6.45) is 23.1. The van der Waals surface area contributed by atoms with Crippen molar-refractivity contribution in [2.24, 2.45) is 0 Å². The smallest absolute Gasteiger partial charge is 0.0641 e. The van der Waals surface area contributed by atoms with Crippen molar-refractivity contribution in [1.29, 1.82) is 0 Å². The Kier molecular flexibility index (Phi) is 7.15. The van der Waals surface area contributed by atoms with Crippen LogP contribution in [-0.2, 0) is 5.41 Å². The van der Waals surface area contributed by atoms with Crippen LogP contribution in [-0.4, -0.2) is 4.98 Å². The van der Waals surface area contributed by atoms with Gasteiger partial charge in [-0.25, -0.2) is 0 Å². The lowest BCUT2D eigenvalue weighted by atomic mass is 9.80. The molecule has 0 amide bonds. The molecule has 2 heteroatoms. The second-order valence-corrected chi connectivity index (χ2v) is 15.0. The second-order valence-electron chi connectivity index (χ2n) is 15.0. The highest BCUT2D eigenvalue weighted by Crippen LogP contribution is 2.50. The summed E-state index contributed by atoms with van der Waals surface area (Å²) in [7, 11) is 0. The molecule has 1 atom stereocenters. The van der Waals surface area contributed by atoms with Crippen molar-refractivity contribution in [2.75, 3.05) is 4.90 Å². The van der Waals surface area contributed by atoms with E-state index < -0.39 is 0 Å². The SMILES string of the molecule is CC1(C)c2ccccc2-c2ccc(C3C=CC(N(/C4=C/C/C=C(c5ccc6c7c(cccc57)-c5ccccc5-6)\C=C/C4)c4cccnc4)=CC3)cc21. The van der Waals surface area contributed by atoms with Crippen LogP contribution < -0.4 is 4.90 Å². The zero-order valence-corrected chi connectivity index (χ0v) is 29.7. The number of allylic oxidation sites excluding steroid dienone is 8. The Morgan fingerprint density at radius 1 is 0.654 bits per heavy atom. The lowest BCUT2D eigenvalue weighted by Gasteiger charge is -2.31. The highest BCUT2D eigenvalue weighted by Gasteiger charge is 2.35. The van der Waals surface area contributed by atoms with E-state index in [1.54, 1.807) is 0 Å². The number of nitrogens with zero attached hydrogens (tertiary/aromatic N) is 2. The van der Waals surface area contributed by atoms with Gasteiger partial charge >= 0.3 is 0 Å². The summed E-state index contributed by atoms with van der Waals surface area (Å²) in [6, 6.07) is 40.5. The highest BCUT2D eigenvalue weighted by atomic mass is 15.2. The van der Waals surface area contributed by atoms with E-state index in [2.05, 4.69) is 169 Å². The molecule has 6 aromatic rings. The Labute approximate surface area is 306 Å². The van der Waals surface area contributed by atoms with E-state index in [9.17, 15) is 0 Å². The molecule has 1 aromatic heterocycles. The maximum Gasteiger partial charge on any atom is 0.0641 e. The Bertz CT molecular complexity index is 2550. The molecule has 10 rings (SSSR count). The van der Waals surface area contributed by atoms with Gasteiger partial charge < -0.3 is 4.90 Å². The molecule has 5 aromatic carbocycles. The molecule has 1 heterocycles. The minimum absolute atomic E-state index is 0.00504. The summed E-state index contributed by atoms with van der Waals surface area (Å²) in [4.78, 5) is 6.93. The van der Waals surface area contributed by atoms with E-state index in [4.69, 9.17) is 0 Å². The zero-order chi connectivity index (χ0) is 34.8. The van der Waals surface area contributed by atoms with Crippen LogP contribution in [0.5, 0.6) is 0 Å². The number of hydrogen-bond acceptors (Lipinski definition) is 2. The first-order valence-corrected chi connectivity index (χ1v) is 18.6. The van der Waals surface area contributed by atoms with Crippen LogP contribution in [0.3, 0.4) is 0 Å². The normalized spacial score (nSPS) is 20.3. The summed E-state index contributed by atoms with van der Waals surface area (Å²) >= 11 is 0. The van der Waals surface area contributed by atoms with E-state index in [1.807, 2.05) is 18.5 Å². The first-order chi connectivity index (χ1) is 25.6. The Hall–Kier alpha value is -5.99. The monoisotopic (exact) mass is 668 g/mol. The molecule has 0 saturated heterocycles. The van der Waals surface area contributed by atoms with Crippen molar-refractivity contribution in [3.8, 4) is 33.4 Å². The lowest BCUT2D eigenvalue weighted by Crippen LogP contribution is -2.22. The van der Waals surface area contributed by atoms with Gasteiger partial charge in [0.15, 0.2) is 0 Å². The van der Waals surface area contributed by atoms with Crippen LogP contribution in [0, 0.1) is 0 Å². The minimum Gasteiger partial charge on any atom is -0.313 e. The molecule has 0 radical (unpaired) electrons. The Morgan fingerprint density at radius 2 is 1.40 bits per heavy atom. The fourth-order valence-corrected chi connectivity index (χ4v) is 9.16. The maximum absolute atomic E-state index is 4.53. The molecule has 0 spiro atoms. The average molecular weight is 669 g/mol. The first-order valence-electron chi connectivity index (χ1n) is 18.6. The molecule has 4 aliphatic rings. The molecule has 2 nitrogen and oxygen atoms in total. The maximum atomic E-state index is 4.53. The predicted molar refractivity (Wildman–Crippen MR) is 218 cm³/mol. The number of benzene rings is 5. The zero-order valence-electron chi connectivity index (χ0n) is 29.7. The van der Waals surface area contributed by atoms with E-state index in [0.29, 0.717) is 5.92 Å². The van der Waals surface area contributed by atoms with Gasteiger partial charge in [-0.2, -0.15) is 0 Å². The van der Waals surface area contributed by atoms with Gasteiger partial charge in [0, 0.05) is 35.3 Å². The second kappa shape index (κ2) is 12.1. The van der Waals surface area contributed by atoms with Crippen molar-refractivity contribution in [3.63, 3.8) is 0 Å². The van der Waals surface area contributed by atoms with Crippen molar-refractivity contribution < 1.29 is 0 Å². The lowest BCUT2D eigenvalue weighted by molar-refractivity contribution is 0.658. The first kappa shape index (κ1) is 30.8. The van der Waals surface area contributed by atoms with E-state index in [-0.39, 0.29) is 5.41 Å². The van der Waals surface area contributed by atoms with Gasteiger partial charge in [-0.05, 0) is 103 Å². The number of pyridine rings is 1. The van der Waals surface area contributed by atoms with Crippen molar-refractivity contribution in [1.82, 2.24) is 4.98 Å². The van der Waals surface area contributed by atoms with Crippen molar-refractivity contribution in [2.45, 2.75) is 44.4 Å². The molecule has 0 fully saturated rings. The number of anilines is 1. The molecule has 52 heavy (non-hydrogen) atoms. The molecule has 4 aliphatic carbocycles. The third-order valence-electron chi connectivity index (χ3n) is 11.7. The molecule has 1 unspecified atom stereocenters. The van der Waals surface area contributed by atoms with Crippen molar-refractivity contribution in [3.05, 3.63) is 198 Å². The van der Waals surface area contributed by atoms with Gasteiger partial charge in [0.2, 0.25) is 0 Å². The summed E-state index contributed by atoms with van der Waals surface area (Å²) in [5, 5.41) is 2.70. The van der Waals surface area contributed by atoms with Gasteiger partial charge in [0.25, 0.3) is 0 Å². The van der Waals surface area contributed by atoms with Crippen molar-refractivity contribution >= 4 is 22.0 Å². The minimum atomic E-state index is 0.00504. The molecule has 250 valence electrons. The van der Waals surface area contributed by atoms with Crippen LogP contribution in [0.2, 0.25) is 0 Å². The van der Waals surface area contributed by atoms with Gasteiger partial charge in [0.1, 0.15) is 0 Å². The van der Waals surface area contributed by atoms with Gasteiger partial charge in [0.05, 0.1) is 11.9 Å². The van der Waals surface area contributed by atoms with Crippen LogP contribution in [0.25, 0.3) is 49.7 Å². The standard InChI is InChI=1S/C50H40N2/c1-50(2)47-21-6-5-18-42(47)43-27-24-35(31-48(43)50)33-22-25-37(26-23-33)52(38-15-10-30-51-32-38)36-13-7-11-34(12-8-14-36)39-28-29-46-41-17-4-3-16-40(41)45-20-9-19-44(39)49(45)46/h3-7,9-12,14-22,24-33H,8,13,23H2,1-2H3/b11-7-,34-12+,36-14+. The number of fused-ring (bicyclic) bond motifs is 6. The molecular weight excluding hydrogens is 629 g/mol. The van der Waals surface area contributed by atoms with Crippen LogP contribution >= 0.6 is 0 Å². The largest absolute Gasteiger partial charge is 0.313 e. The summed E-state index contributed by atoms with van der Waals surface area (Å²) in [6.45, 7) is 4.73. The Balaban J connectivity index is 0.943. The van der Waals surface area contributed by atoms with E-state index >= 15 is 0 Å².